The van der Waals surface area contributed by atoms with Crippen LogP contribution in [0.5, 0.6) is 11.5 Å². The molecule has 152 valence electrons. The Morgan fingerprint density at radius 3 is 2.89 bits per heavy atom. The second kappa shape index (κ2) is 9.45. The van der Waals surface area contributed by atoms with Gasteiger partial charge in [-0.25, -0.2) is 4.99 Å². The van der Waals surface area contributed by atoms with Crippen molar-refractivity contribution < 1.29 is 14.2 Å². The average molecular weight is 387 g/mol. The van der Waals surface area contributed by atoms with E-state index < -0.39 is 0 Å². The first-order valence-electron chi connectivity index (χ1n) is 9.49. The molecule has 0 aliphatic carbocycles. The van der Waals surface area contributed by atoms with Gasteiger partial charge in [-0.15, -0.1) is 0 Å². The van der Waals surface area contributed by atoms with Crippen LogP contribution in [0.3, 0.4) is 0 Å². The summed E-state index contributed by atoms with van der Waals surface area (Å²) in [5.74, 6) is 2.41. The summed E-state index contributed by atoms with van der Waals surface area (Å²) >= 11 is 0. The molecule has 1 aromatic carbocycles. The minimum atomic E-state index is -0.0122. The zero-order valence-corrected chi connectivity index (χ0v) is 17.0. The molecule has 1 aliphatic rings. The molecule has 2 aromatic rings. The molecule has 0 bridgehead atoms. The number of hydrogen-bond donors (Lipinski definition) is 1. The van der Waals surface area contributed by atoms with Gasteiger partial charge >= 0.3 is 0 Å². The molecule has 1 aliphatic heterocycles. The number of nitrogens with zero attached hydrogens (tertiary/aromatic N) is 4. The Morgan fingerprint density at radius 1 is 1.36 bits per heavy atom. The molecule has 8 nitrogen and oxygen atoms in total. The van der Waals surface area contributed by atoms with E-state index in [-0.39, 0.29) is 6.10 Å². The van der Waals surface area contributed by atoms with Gasteiger partial charge in [0.25, 0.3) is 0 Å². The Labute approximate surface area is 166 Å². The Kier molecular flexibility index (Phi) is 6.76. The summed E-state index contributed by atoms with van der Waals surface area (Å²) in [5.41, 5.74) is 2.09. The summed E-state index contributed by atoms with van der Waals surface area (Å²) < 4.78 is 18.5. The van der Waals surface area contributed by atoms with Crippen LogP contribution in [0.1, 0.15) is 24.2 Å². The molecule has 0 radical (unpaired) electrons. The second-order valence-electron chi connectivity index (χ2n) is 6.60. The van der Waals surface area contributed by atoms with Crippen molar-refractivity contribution in [3.63, 3.8) is 0 Å². The lowest BCUT2D eigenvalue weighted by Gasteiger charge is -2.34. The van der Waals surface area contributed by atoms with E-state index in [1.807, 2.05) is 37.6 Å². The van der Waals surface area contributed by atoms with Crippen molar-refractivity contribution >= 4 is 5.96 Å². The van der Waals surface area contributed by atoms with Gasteiger partial charge in [-0.3, -0.25) is 4.68 Å². The number of aromatic nitrogens is 2. The lowest BCUT2D eigenvalue weighted by molar-refractivity contribution is -0.00805. The van der Waals surface area contributed by atoms with Crippen LogP contribution >= 0.6 is 0 Å². The molecular weight excluding hydrogens is 358 g/mol. The lowest BCUT2D eigenvalue weighted by atomic mass is 10.1. The van der Waals surface area contributed by atoms with Gasteiger partial charge in [0.15, 0.2) is 5.96 Å². The van der Waals surface area contributed by atoms with Crippen molar-refractivity contribution in [2.24, 2.45) is 12.0 Å². The molecule has 28 heavy (non-hydrogen) atoms. The molecule has 1 saturated heterocycles. The summed E-state index contributed by atoms with van der Waals surface area (Å²) in [4.78, 5) is 7.08. The van der Waals surface area contributed by atoms with Gasteiger partial charge in [-0.2, -0.15) is 5.10 Å². The number of hydrogen-bond acceptors (Lipinski definition) is 5. The topological polar surface area (TPSA) is 73.1 Å². The van der Waals surface area contributed by atoms with Crippen LogP contribution in [0, 0.1) is 0 Å². The van der Waals surface area contributed by atoms with Crippen LogP contribution in [0.15, 0.2) is 35.6 Å². The van der Waals surface area contributed by atoms with Gasteiger partial charge in [0.05, 0.1) is 40.1 Å². The van der Waals surface area contributed by atoms with Crippen LogP contribution in [0.4, 0.5) is 0 Å². The minimum absolute atomic E-state index is 0.0122. The van der Waals surface area contributed by atoms with E-state index >= 15 is 0 Å². The normalized spacial score (nSPS) is 17.5. The minimum Gasteiger partial charge on any atom is -0.497 e. The third kappa shape index (κ3) is 4.75. The highest BCUT2D eigenvalue weighted by Gasteiger charge is 2.25. The van der Waals surface area contributed by atoms with Crippen molar-refractivity contribution in [1.29, 1.82) is 0 Å². The van der Waals surface area contributed by atoms with E-state index in [0.29, 0.717) is 13.2 Å². The Balaban J connectivity index is 1.75. The van der Waals surface area contributed by atoms with Crippen molar-refractivity contribution in [2.75, 3.05) is 40.5 Å². The smallest absolute Gasteiger partial charge is 0.194 e. The number of aliphatic imine (C=N–C) groups is 1. The first-order chi connectivity index (χ1) is 13.6. The van der Waals surface area contributed by atoms with E-state index in [0.717, 1.165) is 48.2 Å². The second-order valence-corrected chi connectivity index (χ2v) is 6.60. The number of aryl methyl sites for hydroxylation is 1. The van der Waals surface area contributed by atoms with Crippen LogP contribution in [0.25, 0.3) is 0 Å². The molecule has 0 saturated carbocycles. The molecule has 3 rings (SSSR count). The van der Waals surface area contributed by atoms with Crippen molar-refractivity contribution in [3.05, 3.63) is 41.7 Å². The fraction of sp³-hybridized carbons (Fsp3) is 0.500. The summed E-state index contributed by atoms with van der Waals surface area (Å²) in [6.07, 6.45) is 3.85. The number of methoxy groups -OCH3 is 2. The Morgan fingerprint density at radius 2 is 2.21 bits per heavy atom. The largest absolute Gasteiger partial charge is 0.497 e. The number of morpholine rings is 1. The van der Waals surface area contributed by atoms with Crippen LogP contribution in [0.2, 0.25) is 0 Å². The zero-order chi connectivity index (χ0) is 19.9. The first kappa shape index (κ1) is 20.0. The number of benzene rings is 1. The van der Waals surface area contributed by atoms with Crippen LogP contribution in [-0.2, 0) is 18.3 Å². The van der Waals surface area contributed by atoms with Gasteiger partial charge in [-0.05, 0) is 19.1 Å². The van der Waals surface area contributed by atoms with E-state index in [1.165, 1.54) is 0 Å². The fourth-order valence-electron chi connectivity index (χ4n) is 3.22. The zero-order valence-electron chi connectivity index (χ0n) is 17.0. The third-order valence-electron chi connectivity index (χ3n) is 4.69. The number of nitrogens with one attached hydrogen (secondary N) is 1. The van der Waals surface area contributed by atoms with Gasteiger partial charge < -0.3 is 24.4 Å². The molecule has 2 heterocycles. The molecule has 8 heteroatoms. The van der Waals surface area contributed by atoms with Crippen LogP contribution in [-0.4, -0.2) is 61.1 Å². The summed E-state index contributed by atoms with van der Waals surface area (Å²) in [7, 11) is 5.22. The van der Waals surface area contributed by atoms with Gasteiger partial charge in [0.2, 0.25) is 0 Å². The first-order valence-corrected chi connectivity index (χ1v) is 9.49. The lowest BCUT2D eigenvalue weighted by Crippen LogP contribution is -2.48. The molecule has 1 N–H and O–H groups in total. The van der Waals surface area contributed by atoms with Gasteiger partial charge in [0.1, 0.15) is 17.6 Å². The molecular formula is C20H29N5O3. The van der Waals surface area contributed by atoms with E-state index in [9.17, 15) is 0 Å². The maximum absolute atomic E-state index is 5.95. The standard InChI is InChI=1S/C20H29N5O3/c1-5-21-20(22-11-15-6-7-17(26-3)10-18(15)27-4)25-8-9-28-19(14-25)16-12-23-24(2)13-16/h6-7,10,12-13,19H,5,8-9,11,14H2,1-4H3,(H,21,22). The average Bonchev–Trinajstić information content (AvgIpc) is 3.17. The summed E-state index contributed by atoms with van der Waals surface area (Å²) in [6, 6.07) is 5.79. The van der Waals surface area contributed by atoms with E-state index in [1.54, 1.807) is 18.9 Å². The molecule has 1 atom stereocenters. The quantitative estimate of drug-likeness (QED) is 0.604. The molecule has 0 spiro atoms. The van der Waals surface area contributed by atoms with E-state index in [2.05, 4.69) is 22.2 Å². The number of ether oxygens (including phenoxy) is 3. The predicted molar refractivity (Wildman–Crippen MR) is 108 cm³/mol. The SMILES string of the molecule is CCNC(=NCc1ccc(OC)cc1OC)N1CCOC(c2cnn(C)c2)C1. The molecule has 1 fully saturated rings. The Bertz CT molecular complexity index is 805. The molecule has 1 unspecified atom stereocenters. The predicted octanol–water partition coefficient (Wildman–Crippen LogP) is 1.98. The molecule has 0 amide bonds. The maximum atomic E-state index is 5.95. The highest BCUT2D eigenvalue weighted by molar-refractivity contribution is 5.80. The maximum Gasteiger partial charge on any atom is 0.194 e. The molecule has 1 aromatic heterocycles. The van der Waals surface area contributed by atoms with Crippen molar-refractivity contribution in [1.82, 2.24) is 20.0 Å². The summed E-state index contributed by atoms with van der Waals surface area (Å²) in [6.45, 7) is 5.57. The van der Waals surface area contributed by atoms with Gasteiger partial charge in [0, 0.05) is 43.5 Å². The summed E-state index contributed by atoms with van der Waals surface area (Å²) in [5, 5.41) is 7.65. The van der Waals surface area contributed by atoms with Crippen molar-refractivity contribution in [2.45, 2.75) is 19.6 Å². The fourth-order valence-corrected chi connectivity index (χ4v) is 3.22. The van der Waals surface area contributed by atoms with E-state index in [4.69, 9.17) is 19.2 Å². The van der Waals surface area contributed by atoms with Gasteiger partial charge in [-0.1, -0.05) is 0 Å². The third-order valence-corrected chi connectivity index (χ3v) is 4.69. The number of guanidine groups is 1. The highest BCUT2D eigenvalue weighted by atomic mass is 16.5. The van der Waals surface area contributed by atoms with Crippen LogP contribution < -0.4 is 14.8 Å². The van der Waals surface area contributed by atoms with Crippen molar-refractivity contribution in [3.8, 4) is 11.5 Å². The number of rotatable bonds is 6. The highest BCUT2D eigenvalue weighted by Crippen LogP contribution is 2.26. The Hall–Kier alpha value is -2.74. The monoisotopic (exact) mass is 387 g/mol.